The van der Waals surface area contributed by atoms with E-state index in [4.69, 9.17) is 0 Å². The third kappa shape index (κ3) is 3.06. The van der Waals surface area contributed by atoms with Gasteiger partial charge in [0.25, 0.3) is 0 Å². The lowest BCUT2D eigenvalue weighted by atomic mass is 10.1. The summed E-state index contributed by atoms with van der Waals surface area (Å²) in [6.45, 7) is 1.84. The van der Waals surface area contributed by atoms with Crippen LogP contribution in [0.25, 0.3) is 0 Å². The highest BCUT2D eigenvalue weighted by molar-refractivity contribution is 9.10. The van der Waals surface area contributed by atoms with Crippen LogP contribution in [0.5, 0.6) is 0 Å². The Kier molecular flexibility index (Phi) is 3.82. The highest BCUT2D eigenvalue weighted by Gasteiger charge is 2.31. The summed E-state index contributed by atoms with van der Waals surface area (Å²) in [7, 11) is 0. The normalized spacial score (nSPS) is 11.6. The maximum atomic E-state index is 12.6. The van der Waals surface area contributed by atoms with E-state index >= 15 is 0 Å². The number of rotatable bonds is 2. The largest absolute Gasteiger partial charge is 0.416 e. The van der Waals surface area contributed by atoms with E-state index in [-0.39, 0.29) is 5.56 Å². The number of carbonyl (C=O) groups is 1. The van der Waals surface area contributed by atoms with Gasteiger partial charge in [0.05, 0.1) is 10.4 Å². The first kappa shape index (κ1) is 14.3. The van der Waals surface area contributed by atoms with Crippen molar-refractivity contribution in [1.29, 1.82) is 0 Å². The fourth-order valence-electron chi connectivity index (χ4n) is 1.56. The van der Waals surface area contributed by atoms with Gasteiger partial charge in [0.1, 0.15) is 0 Å². The monoisotopic (exact) mass is 348 g/mol. The van der Waals surface area contributed by atoms with Gasteiger partial charge >= 0.3 is 6.18 Å². The molecule has 0 aliphatic carbocycles. The summed E-state index contributed by atoms with van der Waals surface area (Å²) < 4.78 is 38.3. The minimum atomic E-state index is -4.46. The maximum Gasteiger partial charge on any atom is 0.416 e. The van der Waals surface area contributed by atoms with Crippen LogP contribution in [-0.4, -0.2) is 5.78 Å². The van der Waals surface area contributed by atoms with Crippen molar-refractivity contribution in [3.05, 3.63) is 55.7 Å². The van der Waals surface area contributed by atoms with Crippen LogP contribution in [0.3, 0.4) is 0 Å². The molecule has 2 aromatic rings. The van der Waals surface area contributed by atoms with Gasteiger partial charge in [-0.2, -0.15) is 13.2 Å². The van der Waals surface area contributed by atoms with E-state index in [1.165, 1.54) is 17.4 Å². The molecule has 100 valence electrons. The number of aryl methyl sites for hydroxylation is 1. The molecule has 0 atom stereocenters. The van der Waals surface area contributed by atoms with Crippen LogP contribution in [0, 0.1) is 6.92 Å². The van der Waals surface area contributed by atoms with Crippen molar-refractivity contribution in [1.82, 2.24) is 0 Å². The average molecular weight is 349 g/mol. The molecular weight excluding hydrogens is 341 g/mol. The molecule has 1 aromatic heterocycles. The number of alkyl halides is 3. The summed E-state index contributed by atoms with van der Waals surface area (Å²) in [6.07, 6.45) is -4.46. The van der Waals surface area contributed by atoms with Gasteiger partial charge < -0.3 is 0 Å². The zero-order valence-electron chi connectivity index (χ0n) is 9.72. The molecule has 0 aliphatic rings. The van der Waals surface area contributed by atoms with E-state index in [0.29, 0.717) is 9.35 Å². The maximum absolute atomic E-state index is 12.6. The zero-order valence-corrected chi connectivity index (χ0v) is 12.1. The van der Waals surface area contributed by atoms with Crippen LogP contribution in [-0.2, 0) is 6.18 Å². The van der Waals surface area contributed by atoms with Gasteiger partial charge in [-0.05, 0) is 37.3 Å². The van der Waals surface area contributed by atoms with Crippen LogP contribution in [0.15, 0.2) is 34.8 Å². The van der Waals surface area contributed by atoms with E-state index in [0.717, 1.165) is 17.0 Å². The van der Waals surface area contributed by atoms with E-state index in [9.17, 15) is 18.0 Å². The third-order valence-electron chi connectivity index (χ3n) is 2.50. The third-order valence-corrected chi connectivity index (χ3v) is 4.19. The molecule has 1 aromatic carbocycles. The second-order valence-electron chi connectivity index (χ2n) is 3.93. The predicted molar refractivity (Wildman–Crippen MR) is 71.6 cm³/mol. The first-order chi connectivity index (χ1) is 8.79. The van der Waals surface area contributed by atoms with Crippen molar-refractivity contribution in [2.45, 2.75) is 13.1 Å². The van der Waals surface area contributed by atoms with Crippen LogP contribution in [0.4, 0.5) is 13.2 Å². The Morgan fingerprint density at radius 2 is 1.89 bits per heavy atom. The van der Waals surface area contributed by atoms with Gasteiger partial charge in [-0.15, -0.1) is 11.3 Å². The van der Waals surface area contributed by atoms with Crippen molar-refractivity contribution in [2.24, 2.45) is 0 Å². The number of halogens is 4. The highest BCUT2D eigenvalue weighted by atomic mass is 79.9. The quantitative estimate of drug-likeness (QED) is 0.692. The minimum absolute atomic E-state index is 0.0247. The molecule has 2 rings (SSSR count). The van der Waals surface area contributed by atoms with Crippen molar-refractivity contribution in [3.8, 4) is 0 Å². The summed E-state index contributed by atoms with van der Waals surface area (Å²) in [5.74, 6) is -0.406. The Morgan fingerprint density at radius 3 is 2.42 bits per heavy atom. The number of thiophene rings is 1. The molecule has 0 N–H and O–H groups in total. The lowest BCUT2D eigenvalue weighted by Crippen LogP contribution is -2.08. The Balaban J connectivity index is 2.47. The summed E-state index contributed by atoms with van der Waals surface area (Å²) in [6, 6.07) is 6.45. The van der Waals surface area contributed by atoms with Crippen molar-refractivity contribution < 1.29 is 18.0 Å². The summed E-state index contributed by atoms with van der Waals surface area (Å²) in [4.78, 5) is 13.5. The molecule has 19 heavy (non-hydrogen) atoms. The van der Waals surface area contributed by atoms with Crippen LogP contribution >= 0.6 is 27.3 Å². The standard InChI is InChI=1S/C13H8BrF3OS/c1-7-2-5-11(19-7)12(18)9-6-8(13(15,16)17)3-4-10(9)14/h2-6H,1H3. The zero-order chi connectivity index (χ0) is 14.2. The van der Waals surface area contributed by atoms with E-state index in [1.54, 1.807) is 12.1 Å². The molecule has 0 saturated heterocycles. The number of ketones is 1. The van der Waals surface area contributed by atoms with E-state index in [1.807, 2.05) is 6.92 Å². The van der Waals surface area contributed by atoms with E-state index < -0.39 is 17.5 Å². The minimum Gasteiger partial charge on any atom is -0.288 e. The molecule has 0 fully saturated rings. The van der Waals surface area contributed by atoms with Gasteiger partial charge in [0, 0.05) is 14.9 Å². The molecule has 0 amide bonds. The first-order valence-corrected chi connectivity index (χ1v) is 6.88. The van der Waals surface area contributed by atoms with Gasteiger partial charge in [0.15, 0.2) is 0 Å². The van der Waals surface area contributed by atoms with Gasteiger partial charge in [-0.3, -0.25) is 4.79 Å². The number of hydrogen-bond acceptors (Lipinski definition) is 2. The van der Waals surface area contributed by atoms with Crippen molar-refractivity contribution >= 4 is 33.0 Å². The summed E-state index contributed by atoms with van der Waals surface area (Å²) >= 11 is 4.38. The molecular formula is C13H8BrF3OS. The topological polar surface area (TPSA) is 17.1 Å². The van der Waals surface area contributed by atoms with Crippen LogP contribution in [0.1, 0.15) is 25.7 Å². The molecule has 0 radical (unpaired) electrons. The van der Waals surface area contributed by atoms with Crippen molar-refractivity contribution in [2.75, 3.05) is 0 Å². The fourth-order valence-corrected chi connectivity index (χ4v) is 2.81. The van der Waals surface area contributed by atoms with Gasteiger partial charge in [0.2, 0.25) is 5.78 Å². The molecule has 6 heteroatoms. The SMILES string of the molecule is Cc1ccc(C(=O)c2cc(C(F)(F)F)ccc2Br)s1. The second kappa shape index (κ2) is 5.09. The number of hydrogen-bond donors (Lipinski definition) is 0. The summed E-state index contributed by atoms with van der Waals surface area (Å²) in [5, 5.41) is 0. The second-order valence-corrected chi connectivity index (χ2v) is 6.07. The van der Waals surface area contributed by atoms with Gasteiger partial charge in [-0.1, -0.05) is 15.9 Å². The molecule has 0 unspecified atom stereocenters. The Morgan fingerprint density at radius 1 is 1.21 bits per heavy atom. The molecule has 0 spiro atoms. The smallest absolute Gasteiger partial charge is 0.288 e. The first-order valence-electron chi connectivity index (χ1n) is 5.27. The van der Waals surface area contributed by atoms with E-state index in [2.05, 4.69) is 15.9 Å². The predicted octanol–water partition coefficient (Wildman–Crippen LogP) is 5.07. The lowest BCUT2D eigenvalue weighted by Gasteiger charge is -2.09. The Labute approximate surface area is 120 Å². The Hall–Kier alpha value is -1.14. The Bertz CT molecular complexity index is 631. The van der Waals surface area contributed by atoms with Crippen molar-refractivity contribution in [3.63, 3.8) is 0 Å². The van der Waals surface area contributed by atoms with Crippen LogP contribution < -0.4 is 0 Å². The molecule has 1 heterocycles. The molecule has 0 saturated carbocycles. The summed E-state index contributed by atoms with van der Waals surface area (Å²) in [5.41, 5.74) is -0.802. The number of carbonyl (C=O) groups excluding carboxylic acids is 1. The fraction of sp³-hybridized carbons (Fsp3) is 0.154. The van der Waals surface area contributed by atoms with Gasteiger partial charge in [-0.25, -0.2) is 0 Å². The highest BCUT2D eigenvalue weighted by Crippen LogP contribution is 2.33. The molecule has 0 bridgehead atoms. The average Bonchev–Trinajstić information content (AvgIpc) is 2.74. The number of benzene rings is 1. The lowest BCUT2D eigenvalue weighted by molar-refractivity contribution is -0.137. The molecule has 1 nitrogen and oxygen atoms in total. The van der Waals surface area contributed by atoms with Crippen LogP contribution in [0.2, 0.25) is 0 Å². The molecule has 0 aliphatic heterocycles.